The van der Waals surface area contributed by atoms with Gasteiger partial charge in [-0.3, -0.25) is 18.9 Å². The van der Waals surface area contributed by atoms with E-state index in [0.29, 0.717) is 25.7 Å². The number of rotatable bonds is 35. The molecule has 0 bridgehead atoms. The maximum atomic E-state index is 12.4. The van der Waals surface area contributed by atoms with Gasteiger partial charge in [0.05, 0.1) is 6.61 Å². The van der Waals surface area contributed by atoms with Gasteiger partial charge >= 0.3 is 19.8 Å². The Hall–Kier alpha value is -3.62. The highest BCUT2D eigenvalue weighted by Gasteiger charge is 2.22. The van der Waals surface area contributed by atoms with Crippen molar-refractivity contribution in [3.05, 3.63) is 109 Å². The highest BCUT2D eigenvalue weighted by Crippen LogP contribution is 2.36. The number of carbonyl (C=O) groups is 3. The maximum absolute atomic E-state index is 12.4. The van der Waals surface area contributed by atoms with Crippen molar-refractivity contribution in [2.75, 3.05) is 13.2 Å². The number of carbonyl (C=O) groups excluding carboxylic acids is 3. The van der Waals surface area contributed by atoms with E-state index in [-0.39, 0.29) is 25.2 Å². The molecule has 55 heavy (non-hydrogen) atoms. The highest BCUT2D eigenvalue weighted by molar-refractivity contribution is 7.46. The van der Waals surface area contributed by atoms with Crippen molar-refractivity contribution in [3.8, 4) is 0 Å². The Bertz CT molecular complexity index is 1310. The van der Waals surface area contributed by atoms with E-state index in [2.05, 4.69) is 79.1 Å². The van der Waals surface area contributed by atoms with Crippen LogP contribution >= 0.6 is 7.82 Å². The first-order valence-corrected chi connectivity index (χ1v) is 21.7. The summed E-state index contributed by atoms with van der Waals surface area (Å²) in [5.74, 6) is -0.874. The van der Waals surface area contributed by atoms with Gasteiger partial charge in [-0.1, -0.05) is 136 Å². The van der Waals surface area contributed by atoms with Gasteiger partial charge in [-0.15, -0.1) is 0 Å². The minimum atomic E-state index is -4.80. The fraction of sp³-hybridized carbons (Fsp3) is 0.533. The van der Waals surface area contributed by atoms with Gasteiger partial charge in [0.25, 0.3) is 0 Å². The predicted molar refractivity (Wildman–Crippen MR) is 225 cm³/mol. The van der Waals surface area contributed by atoms with Crippen LogP contribution in [0.1, 0.15) is 136 Å². The average molecular weight is 785 g/mol. The molecule has 0 aliphatic carbocycles. The second-order valence-corrected chi connectivity index (χ2v) is 14.1. The molecule has 0 aliphatic rings. The Morgan fingerprint density at radius 1 is 0.545 bits per heavy atom. The molecule has 0 unspecified atom stereocenters. The number of hydrogen-bond acceptors (Lipinski definition) is 7. The van der Waals surface area contributed by atoms with E-state index in [9.17, 15) is 18.9 Å². The van der Waals surface area contributed by atoms with Crippen molar-refractivity contribution in [1.82, 2.24) is 0 Å². The Kier molecular flexibility index (Phi) is 36.1. The summed E-state index contributed by atoms with van der Waals surface area (Å²) in [7, 11) is -4.80. The van der Waals surface area contributed by atoms with Gasteiger partial charge in [0.2, 0.25) is 0 Å². The topological polar surface area (TPSA) is 136 Å². The van der Waals surface area contributed by atoms with E-state index in [1.54, 1.807) is 12.2 Å². The Morgan fingerprint density at radius 3 is 1.62 bits per heavy atom. The molecular formula is C45H69O9P. The number of esters is 2. The number of unbranched alkanes of at least 4 members (excludes halogenated alkanes) is 6. The van der Waals surface area contributed by atoms with Crippen molar-refractivity contribution in [3.63, 3.8) is 0 Å². The van der Waals surface area contributed by atoms with E-state index in [4.69, 9.17) is 19.3 Å². The van der Waals surface area contributed by atoms with Crippen LogP contribution in [-0.4, -0.2) is 46.8 Å². The number of ketones is 1. The molecule has 0 aromatic rings. The lowest BCUT2D eigenvalue weighted by atomic mass is 10.1. The predicted octanol–water partition coefficient (Wildman–Crippen LogP) is 11.6. The van der Waals surface area contributed by atoms with Crippen LogP contribution in [0.4, 0.5) is 0 Å². The van der Waals surface area contributed by atoms with Crippen LogP contribution in [0, 0.1) is 0 Å². The highest BCUT2D eigenvalue weighted by atomic mass is 31.2. The third-order valence-electron chi connectivity index (χ3n) is 7.75. The zero-order chi connectivity index (χ0) is 40.5. The molecule has 0 rings (SSSR count). The summed E-state index contributed by atoms with van der Waals surface area (Å²) < 4.78 is 26.2. The van der Waals surface area contributed by atoms with Crippen LogP contribution in [0.2, 0.25) is 0 Å². The SMILES string of the molecule is CC/C=C\C/C=C\C/C=C\C/C=C\C/C=C\CCCCCC(=O)O[C@H](COC(=O)CCC/C=C\C/C=C\C/C=C\C=C\C(=O)CCCCC)COP(=O)(O)O. The number of allylic oxidation sites excluding steroid dienone is 18. The molecule has 0 aliphatic heterocycles. The van der Waals surface area contributed by atoms with E-state index < -0.39 is 32.5 Å². The van der Waals surface area contributed by atoms with Gasteiger partial charge in [-0.05, 0) is 89.5 Å². The summed E-state index contributed by atoms with van der Waals surface area (Å²) >= 11 is 0. The van der Waals surface area contributed by atoms with E-state index in [1.165, 1.54) is 0 Å². The van der Waals surface area contributed by atoms with Crippen molar-refractivity contribution < 1.29 is 42.7 Å². The van der Waals surface area contributed by atoms with Crippen LogP contribution in [0.5, 0.6) is 0 Å². The number of phosphoric ester groups is 1. The Balaban J connectivity index is 4.18. The summed E-state index contributed by atoms with van der Waals surface area (Å²) in [5, 5.41) is 0. The zero-order valence-electron chi connectivity index (χ0n) is 33.5. The van der Waals surface area contributed by atoms with Crippen LogP contribution in [0.3, 0.4) is 0 Å². The van der Waals surface area contributed by atoms with Crippen LogP contribution in [0.25, 0.3) is 0 Å². The van der Waals surface area contributed by atoms with Crippen LogP contribution in [-0.2, 0) is 32.9 Å². The van der Waals surface area contributed by atoms with Crippen molar-refractivity contribution in [2.45, 2.75) is 142 Å². The lowest BCUT2D eigenvalue weighted by Gasteiger charge is -2.18. The summed E-state index contributed by atoms with van der Waals surface area (Å²) in [6, 6.07) is 0. The summed E-state index contributed by atoms with van der Waals surface area (Å²) in [6.45, 7) is 3.31. The minimum Gasteiger partial charge on any atom is -0.462 e. The number of ether oxygens (including phenoxy) is 2. The largest absolute Gasteiger partial charge is 0.469 e. The van der Waals surface area contributed by atoms with Crippen molar-refractivity contribution in [1.29, 1.82) is 0 Å². The second kappa shape index (κ2) is 38.6. The lowest BCUT2D eigenvalue weighted by Crippen LogP contribution is -2.29. The molecule has 0 saturated carbocycles. The minimum absolute atomic E-state index is 0.142. The van der Waals surface area contributed by atoms with Crippen LogP contribution < -0.4 is 0 Å². The number of hydrogen-bond donors (Lipinski definition) is 2. The first-order valence-electron chi connectivity index (χ1n) is 20.1. The molecule has 2 N–H and O–H groups in total. The first-order chi connectivity index (χ1) is 26.7. The smallest absolute Gasteiger partial charge is 0.462 e. The molecular weight excluding hydrogens is 715 g/mol. The van der Waals surface area contributed by atoms with Crippen LogP contribution in [0.15, 0.2) is 109 Å². The molecule has 0 fully saturated rings. The lowest BCUT2D eigenvalue weighted by molar-refractivity contribution is -0.161. The molecule has 0 amide bonds. The fourth-order valence-electron chi connectivity index (χ4n) is 4.76. The van der Waals surface area contributed by atoms with Gasteiger partial charge in [0, 0.05) is 19.3 Å². The van der Waals surface area contributed by atoms with E-state index in [1.807, 2.05) is 36.5 Å². The quantitative estimate of drug-likeness (QED) is 0.0161. The molecule has 9 nitrogen and oxygen atoms in total. The zero-order valence-corrected chi connectivity index (χ0v) is 34.4. The average Bonchev–Trinajstić information content (AvgIpc) is 3.15. The van der Waals surface area contributed by atoms with Gasteiger partial charge in [-0.25, -0.2) is 4.57 Å². The third-order valence-corrected chi connectivity index (χ3v) is 8.24. The molecule has 0 radical (unpaired) electrons. The molecule has 0 heterocycles. The molecule has 0 aromatic heterocycles. The standard InChI is InChI=1S/C45H69O9P/c1-3-5-7-8-9-10-11-12-13-14-15-16-17-18-21-25-28-31-35-39-45(48)54-43(41-53-55(49,50)51)40-52-44(47)38-34-30-27-24-22-19-20-23-26-29-33-37-42(46)36-32-6-4-2/h5,7,9-10,12-13,15-16,18-21,24,26-27,29,33,37,43H,3-4,6,8,11,14,17,22-23,25,28,30-32,34-36,38-41H2,1-2H3,(H2,49,50,51)/b7-5-,10-9-,13-12-,16-15-,20-19-,21-18-,27-24-,29-26-,37-33+/t43-/m1/s1. The summed E-state index contributed by atoms with van der Waals surface area (Å²) in [6.07, 6.45) is 50.8. The summed E-state index contributed by atoms with van der Waals surface area (Å²) in [5.41, 5.74) is 0. The Morgan fingerprint density at radius 2 is 1.05 bits per heavy atom. The monoisotopic (exact) mass is 784 g/mol. The van der Waals surface area contributed by atoms with E-state index >= 15 is 0 Å². The Labute approximate surface area is 332 Å². The second-order valence-electron chi connectivity index (χ2n) is 12.9. The normalized spacial score (nSPS) is 13.5. The van der Waals surface area contributed by atoms with Crippen molar-refractivity contribution >= 4 is 25.5 Å². The van der Waals surface area contributed by atoms with Crippen molar-refractivity contribution in [2.24, 2.45) is 0 Å². The third kappa shape index (κ3) is 41.4. The molecule has 0 aromatic carbocycles. The molecule has 1 atom stereocenters. The molecule has 0 spiro atoms. The number of phosphoric acid groups is 1. The fourth-order valence-corrected chi connectivity index (χ4v) is 5.12. The van der Waals surface area contributed by atoms with Gasteiger partial charge < -0.3 is 19.3 Å². The molecule has 10 heteroatoms. The van der Waals surface area contributed by atoms with Gasteiger partial charge in [-0.2, -0.15) is 0 Å². The molecule has 308 valence electrons. The molecule has 0 saturated heterocycles. The van der Waals surface area contributed by atoms with Gasteiger partial charge in [0.1, 0.15) is 6.61 Å². The maximum Gasteiger partial charge on any atom is 0.469 e. The summed E-state index contributed by atoms with van der Waals surface area (Å²) in [4.78, 5) is 54.5. The van der Waals surface area contributed by atoms with E-state index in [0.717, 1.165) is 83.5 Å². The van der Waals surface area contributed by atoms with Gasteiger partial charge in [0.15, 0.2) is 11.9 Å². The first kappa shape index (κ1) is 51.4.